The van der Waals surface area contributed by atoms with E-state index in [2.05, 4.69) is 10.6 Å². The Labute approximate surface area is 229 Å². The molecule has 3 amide bonds. The number of nitrogens with one attached hydrogen (secondary N) is 3. The van der Waals surface area contributed by atoms with Crippen LogP contribution < -0.4 is 15.4 Å². The van der Waals surface area contributed by atoms with Gasteiger partial charge in [0.1, 0.15) is 18.2 Å². The lowest BCUT2D eigenvalue weighted by Gasteiger charge is -2.24. The lowest BCUT2D eigenvalue weighted by molar-refractivity contribution is -0.121. The summed E-state index contributed by atoms with van der Waals surface area (Å²) in [6.07, 6.45) is -1.38. The van der Waals surface area contributed by atoms with Gasteiger partial charge in [-0.1, -0.05) is 62.4 Å². The molecule has 3 rings (SSSR count). The predicted molar refractivity (Wildman–Crippen MR) is 148 cm³/mol. The monoisotopic (exact) mass is 559 g/mol. The lowest BCUT2D eigenvalue weighted by atomic mass is 9.98. The molecule has 0 saturated heterocycles. The summed E-state index contributed by atoms with van der Waals surface area (Å²) in [6.45, 7) is 8.53. The molecule has 0 spiro atoms. The summed E-state index contributed by atoms with van der Waals surface area (Å²) in [5.74, 6) is -1.56. The normalized spacial score (nSPS) is 13.7. The lowest BCUT2D eigenvalue weighted by Crippen LogP contribution is -2.51. The van der Waals surface area contributed by atoms with Gasteiger partial charge >= 0.3 is 12.2 Å². The minimum absolute atomic E-state index is 0.00590. The van der Waals surface area contributed by atoms with Crippen LogP contribution in [0, 0.1) is 5.92 Å². The molecule has 1 atom stereocenters. The summed E-state index contributed by atoms with van der Waals surface area (Å²) >= 11 is 0. The molecule has 212 valence electrons. The molecule has 0 aromatic heterocycles. The van der Waals surface area contributed by atoms with Crippen molar-refractivity contribution in [3.8, 4) is 11.1 Å². The number of benzene rings is 2. The van der Waals surface area contributed by atoms with Crippen molar-refractivity contribution in [2.45, 2.75) is 58.6 Å². The van der Waals surface area contributed by atoms with Crippen molar-refractivity contribution < 1.29 is 32.3 Å². The van der Waals surface area contributed by atoms with Gasteiger partial charge in [0.05, 0.1) is 5.75 Å². The molecular formula is C28H37N3O7S. The second-order valence-corrected chi connectivity index (χ2v) is 12.7. The van der Waals surface area contributed by atoms with E-state index in [-0.39, 0.29) is 31.4 Å². The van der Waals surface area contributed by atoms with Gasteiger partial charge in [0.25, 0.3) is 5.91 Å². The Morgan fingerprint density at radius 1 is 0.923 bits per heavy atom. The Kier molecular flexibility index (Phi) is 9.60. The molecule has 1 aliphatic rings. The number of hydrogen-bond acceptors (Lipinski definition) is 7. The van der Waals surface area contributed by atoms with Gasteiger partial charge in [-0.15, -0.1) is 0 Å². The van der Waals surface area contributed by atoms with Crippen molar-refractivity contribution in [2.24, 2.45) is 5.92 Å². The van der Waals surface area contributed by atoms with E-state index in [4.69, 9.17) is 9.47 Å². The molecule has 3 N–H and O–H groups in total. The average Bonchev–Trinajstić information content (AvgIpc) is 3.14. The SMILES string of the molecule is CC(C)C[C@@H](NC(=O)OC(C)(C)C)C(=O)NS(=O)(=O)CCNC(=O)OCC1c2ccccc2-c2ccccc21. The summed E-state index contributed by atoms with van der Waals surface area (Å²) in [4.78, 5) is 37.1. The zero-order valence-corrected chi connectivity index (χ0v) is 23.8. The smallest absolute Gasteiger partial charge is 0.408 e. The summed E-state index contributed by atoms with van der Waals surface area (Å²) in [6, 6.07) is 14.8. The van der Waals surface area contributed by atoms with Crippen LogP contribution >= 0.6 is 0 Å². The maximum absolute atomic E-state index is 12.7. The van der Waals surface area contributed by atoms with E-state index in [1.54, 1.807) is 20.8 Å². The first kappa shape index (κ1) is 29.9. The van der Waals surface area contributed by atoms with Crippen LogP contribution in [0.1, 0.15) is 58.1 Å². The highest BCUT2D eigenvalue weighted by Gasteiger charge is 2.30. The quantitative estimate of drug-likeness (QED) is 0.401. The highest BCUT2D eigenvalue weighted by molar-refractivity contribution is 7.90. The van der Waals surface area contributed by atoms with E-state index in [0.717, 1.165) is 22.3 Å². The Hall–Kier alpha value is -3.60. The predicted octanol–water partition coefficient (Wildman–Crippen LogP) is 3.91. The van der Waals surface area contributed by atoms with Gasteiger partial charge in [0.15, 0.2) is 0 Å². The summed E-state index contributed by atoms with van der Waals surface area (Å²) in [7, 11) is -4.10. The highest BCUT2D eigenvalue weighted by Crippen LogP contribution is 2.44. The number of carbonyl (C=O) groups is 3. The first-order valence-electron chi connectivity index (χ1n) is 12.9. The van der Waals surface area contributed by atoms with Crippen LogP contribution in [0.15, 0.2) is 48.5 Å². The molecule has 11 heteroatoms. The molecule has 10 nitrogen and oxygen atoms in total. The fourth-order valence-electron chi connectivity index (χ4n) is 4.37. The Morgan fingerprint density at radius 3 is 2.03 bits per heavy atom. The van der Waals surface area contributed by atoms with Gasteiger partial charge in [-0.25, -0.2) is 18.0 Å². The first-order valence-corrected chi connectivity index (χ1v) is 14.5. The summed E-state index contributed by atoms with van der Waals surface area (Å²) < 4.78 is 37.6. The van der Waals surface area contributed by atoms with Gasteiger partial charge in [-0.05, 0) is 55.4 Å². The summed E-state index contributed by atoms with van der Waals surface area (Å²) in [5, 5.41) is 4.85. The fourth-order valence-corrected chi connectivity index (χ4v) is 5.29. The maximum atomic E-state index is 12.7. The van der Waals surface area contributed by atoms with Crippen molar-refractivity contribution in [1.82, 2.24) is 15.4 Å². The maximum Gasteiger partial charge on any atom is 0.408 e. The third-order valence-electron chi connectivity index (χ3n) is 5.95. The molecule has 0 radical (unpaired) electrons. The van der Waals surface area contributed by atoms with Crippen molar-refractivity contribution in [2.75, 3.05) is 18.9 Å². The number of alkyl carbamates (subject to hydrolysis) is 2. The molecule has 1 aliphatic carbocycles. The van der Waals surface area contributed by atoms with Crippen LogP contribution in [-0.4, -0.2) is 57.1 Å². The van der Waals surface area contributed by atoms with E-state index in [9.17, 15) is 22.8 Å². The number of sulfonamides is 1. The second-order valence-electron chi connectivity index (χ2n) is 10.9. The van der Waals surface area contributed by atoms with E-state index in [1.165, 1.54) is 0 Å². The third-order valence-corrected chi connectivity index (χ3v) is 7.21. The molecule has 0 saturated carbocycles. The zero-order valence-electron chi connectivity index (χ0n) is 22.9. The van der Waals surface area contributed by atoms with Crippen molar-refractivity contribution >= 4 is 28.1 Å². The number of amides is 3. The van der Waals surface area contributed by atoms with Gasteiger partial charge in [0, 0.05) is 12.5 Å². The minimum Gasteiger partial charge on any atom is -0.449 e. The molecule has 0 bridgehead atoms. The third kappa shape index (κ3) is 8.71. The number of carbonyl (C=O) groups excluding carboxylic acids is 3. The number of hydrogen-bond donors (Lipinski definition) is 3. The zero-order chi connectivity index (χ0) is 28.8. The average molecular weight is 560 g/mol. The molecule has 0 unspecified atom stereocenters. The largest absolute Gasteiger partial charge is 0.449 e. The molecule has 2 aromatic carbocycles. The van der Waals surface area contributed by atoms with Crippen molar-refractivity contribution in [3.63, 3.8) is 0 Å². The minimum atomic E-state index is -4.10. The topological polar surface area (TPSA) is 140 Å². The van der Waals surface area contributed by atoms with Crippen molar-refractivity contribution in [3.05, 3.63) is 59.7 Å². The number of rotatable bonds is 10. The van der Waals surface area contributed by atoms with E-state index in [0.29, 0.717) is 0 Å². The van der Waals surface area contributed by atoms with Crippen LogP contribution in [-0.2, 0) is 24.3 Å². The van der Waals surface area contributed by atoms with E-state index >= 15 is 0 Å². The first-order chi connectivity index (χ1) is 18.3. The fraction of sp³-hybridized carbons (Fsp3) is 0.464. The molecule has 0 aliphatic heterocycles. The van der Waals surface area contributed by atoms with Gasteiger partial charge < -0.3 is 20.1 Å². The molecular weight excluding hydrogens is 522 g/mol. The van der Waals surface area contributed by atoms with Crippen molar-refractivity contribution in [1.29, 1.82) is 0 Å². The second kappa shape index (κ2) is 12.5. The number of ether oxygens (including phenoxy) is 2. The molecule has 2 aromatic rings. The van der Waals surface area contributed by atoms with E-state index in [1.807, 2.05) is 67.1 Å². The van der Waals surface area contributed by atoms with Crippen LogP contribution in [0.25, 0.3) is 11.1 Å². The Bertz CT molecular complexity index is 1260. The van der Waals surface area contributed by atoms with Crippen LogP contribution in [0.5, 0.6) is 0 Å². The standard InChI is InChI=1S/C28H37N3O7S/c1-18(2)16-24(30-27(34)38-28(3,4)5)25(32)31-39(35,36)15-14-29-26(33)37-17-23-21-12-8-6-10-19(21)20-11-7-9-13-22(20)23/h6-13,18,23-24H,14-17H2,1-5H3,(H,29,33)(H,30,34)(H,31,32)/t24-/m1/s1. The molecule has 0 heterocycles. The molecule has 0 fully saturated rings. The Morgan fingerprint density at radius 2 is 1.49 bits per heavy atom. The van der Waals surface area contributed by atoms with E-state index < -0.39 is 45.5 Å². The number of fused-ring (bicyclic) bond motifs is 3. The molecule has 39 heavy (non-hydrogen) atoms. The van der Waals surface area contributed by atoms with Crippen LogP contribution in [0.2, 0.25) is 0 Å². The van der Waals surface area contributed by atoms with Gasteiger partial charge in [0.2, 0.25) is 10.0 Å². The Balaban J connectivity index is 1.50. The highest BCUT2D eigenvalue weighted by atomic mass is 32.2. The van der Waals surface area contributed by atoms with Crippen LogP contribution in [0.4, 0.5) is 9.59 Å². The van der Waals surface area contributed by atoms with Gasteiger partial charge in [-0.3, -0.25) is 9.52 Å². The van der Waals surface area contributed by atoms with Gasteiger partial charge in [-0.2, -0.15) is 0 Å². The summed E-state index contributed by atoms with van der Waals surface area (Å²) in [5.41, 5.74) is 3.54. The van der Waals surface area contributed by atoms with Crippen LogP contribution in [0.3, 0.4) is 0 Å².